The lowest BCUT2D eigenvalue weighted by Gasteiger charge is -2.27. The van der Waals surface area contributed by atoms with Crippen LogP contribution < -0.4 is 5.73 Å². The second kappa shape index (κ2) is 7.14. The molecule has 5 heteroatoms. The molecule has 2 aromatic carbocycles. The molecule has 0 radical (unpaired) electrons. The SMILES string of the molecule is NCC(Cc1ccccc1)CC1(c2ccc3cnccc3c2)C=NN=N1. The van der Waals surface area contributed by atoms with Gasteiger partial charge in [0.15, 0.2) is 0 Å². The highest BCUT2D eigenvalue weighted by molar-refractivity contribution is 5.84. The van der Waals surface area contributed by atoms with E-state index >= 15 is 0 Å². The number of aromatic nitrogens is 1. The molecule has 1 aromatic heterocycles. The van der Waals surface area contributed by atoms with Crippen LogP contribution >= 0.6 is 0 Å². The molecule has 0 aliphatic carbocycles. The van der Waals surface area contributed by atoms with Gasteiger partial charge in [-0.15, -0.1) is 5.10 Å². The Labute approximate surface area is 152 Å². The van der Waals surface area contributed by atoms with Gasteiger partial charge in [0.1, 0.15) is 5.54 Å². The first kappa shape index (κ1) is 16.5. The minimum Gasteiger partial charge on any atom is -0.330 e. The summed E-state index contributed by atoms with van der Waals surface area (Å²) >= 11 is 0. The molecule has 2 N–H and O–H groups in total. The minimum atomic E-state index is -0.545. The highest BCUT2D eigenvalue weighted by atomic mass is 15.4. The molecular formula is C21H21N5. The molecule has 1 aliphatic rings. The van der Waals surface area contributed by atoms with Gasteiger partial charge in [0.05, 0.1) is 6.21 Å². The van der Waals surface area contributed by atoms with Crippen molar-refractivity contribution in [2.24, 2.45) is 27.1 Å². The van der Waals surface area contributed by atoms with Gasteiger partial charge in [-0.05, 0) is 59.2 Å². The lowest BCUT2D eigenvalue weighted by molar-refractivity contribution is 0.401. The Kier molecular flexibility index (Phi) is 4.54. The first-order valence-electron chi connectivity index (χ1n) is 8.84. The van der Waals surface area contributed by atoms with Crippen molar-refractivity contribution in [3.63, 3.8) is 0 Å². The zero-order valence-electron chi connectivity index (χ0n) is 14.5. The van der Waals surface area contributed by atoms with Crippen molar-refractivity contribution in [2.75, 3.05) is 6.54 Å². The predicted octanol–water partition coefficient (Wildman–Crippen LogP) is 4.09. The predicted molar refractivity (Wildman–Crippen MR) is 104 cm³/mol. The minimum absolute atomic E-state index is 0.286. The van der Waals surface area contributed by atoms with E-state index in [0.717, 1.165) is 29.2 Å². The molecule has 0 saturated heterocycles. The number of hydrogen-bond donors (Lipinski definition) is 1. The fourth-order valence-electron chi connectivity index (χ4n) is 3.58. The van der Waals surface area contributed by atoms with Gasteiger partial charge in [-0.25, -0.2) is 0 Å². The van der Waals surface area contributed by atoms with Crippen LogP contribution in [0.4, 0.5) is 0 Å². The van der Waals surface area contributed by atoms with Gasteiger partial charge >= 0.3 is 0 Å². The molecule has 0 bridgehead atoms. The summed E-state index contributed by atoms with van der Waals surface area (Å²) in [5.41, 5.74) is 7.93. The van der Waals surface area contributed by atoms with Crippen LogP contribution in [0.2, 0.25) is 0 Å². The summed E-state index contributed by atoms with van der Waals surface area (Å²) in [7, 11) is 0. The van der Waals surface area contributed by atoms with E-state index in [9.17, 15) is 0 Å². The topological polar surface area (TPSA) is 76.0 Å². The second-order valence-electron chi connectivity index (χ2n) is 6.79. The zero-order chi connectivity index (χ0) is 17.8. The molecule has 5 nitrogen and oxygen atoms in total. The van der Waals surface area contributed by atoms with Gasteiger partial charge in [0, 0.05) is 17.8 Å². The summed E-state index contributed by atoms with van der Waals surface area (Å²) in [6.07, 6.45) is 7.22. The molecular weight excluding hydrogens is 322 g/mol. The van der Waals surface area contributed by atoms with Crippen LogP contribution in [-0.4, -0.2) is 17.7 Å². The molecule has 0 amide bonds. The van der Waals surface area contributed by atoms with Gasteiger partial charge in [0.25, 0.3) is 0 Å². The van der Waals surface area contributed by atoms with Crippen LogP contribution in [-0.2, 0) is 12.0 Å². The van der Waals surface area contributed by atoms with Gasteiger partial charge in [0.2, 0.25) is 0 Å². The van der Waals surface area contributed by atoms with E-state index in [-0.39, 0.29) is 5.92 Å². The van der Waals surface area contributed by atoms with Crippen LogP contribution in [0.5, 0.6) is 0 Å². The normalized spacial score (nSPS) is 19.9. The van der Waals surface area contributed by atoms with E-state index in [0.29, 0.717) is 6.54 Å². The summed E-state index contributed by atoms with van der Waals surface area (Å²) in [5.74, 6) is 0.286. The zero-order valence-corrected chi connectivity index (χ0v) is 14.5. The van der Waals surface area contributed by atoms with Gasteiger partial charge in [-0.1, -0.05) is 42.5 Å². The van der Waals surface area contributed by atoms with E-state index in [4.69, 9.17) is 5.73 Å². The Hall–Kier alpha value is -2.92. The summed E-state index contributed by atoms with van der Waals surface area (Å²) in [5, 5.41) is 14.8. The van der Waals surface area contributed by atoms with Crippen LogP contribution in [0.3, 0.4) is 0 Å². The maximum Gasteiger partial charge on any atom is 0.146 e. The Bertz CT molecular complexity index is 937. The fourth-order valence-corrected chi connectivity index (χ4v) is 3.58. The summed E-state index contributed by atoms with van der Waals surface area (Å²) in [6.45, 7) is 0.595. The van der Waals surface area contributed by atoms with Crippen LogP contribution in [0.25, 0.3) is 10.8 Å². The van der Waals surface area contributed by atoms with Crippen molar-refractivity contribution in [1.82, 2.24) is 4.98 Å². The van der Waals surface area contributed by atoms with Gasteiger partial charge in [-0.2, -0.15) is 5.11 Å². The smallest absolute Gasteiger partial charge is 0.146 e. The number of benzene rings is 2. The Morgan fingerprint density at radius 3 is 2.65 bits per heavy atom. The van der Waals surface area contributed by atoms with E-state index in [1.54, 1.807) is 6.20 Å². The largest absolute Gasteiger partial charge is 0.330 e. The van der Waals surface area contributed by atoms with Crippen molar-refractivity contribution < 1.29 is 0 Å². The van der Waals surface area contributed by atoms with Crippen LogP contribution in [0.1, 0.15) is 17.5 Å². The molecule has 1 aliphatic heterocycles. The average Bonchev–Trinajstić information content (AvgIpc) is 3.17. The molecule has 26 heavy (non-hydrogen) atoms. The molecule has 2 heterocycles. The van der Waals surface area contributed by atoms with Crippen LogP contribution in [0.15, 0.2) is 82.4 Å². The number of nitrogens with two attached hydrogens (primary N) is 1. The standard InChI is InChI=1S/C21H21N5/c22-13-17(10-16-4-2-1-3-5-16)12-21(15-24-26-25-21)20-7-6-19-14-23-9-8-18(19)11-20/h1-9,11,14-15,17H,10,12-13,22H2. The lowest BCUT2D eigenvalue weighted by atomic mass is 9.80. The van der Waals surface area contributed by atoms with E-state index < -0.39 is 5.54 Å². The van der Waals surface area contributed by atoms with Crippen LogP contribution in [0, 0.1) is 5.92 Å². The van der Waals surface area contributed by atoms with Crippen molar-refractivity contribution in [3.8, 4) is 0 Å². The molecule has 3 aromatic rings. The van der Waals surface area contributed by atoms with Gasteiger partial charge in [-0.3, -0.25) is 4.98 Å². The van der Waals surface area contributed by atoms with Crippen molar-refractivity contribution in [3.05, 3.63) is 78.1 Å². The first-order chi connectivity index (χ1) is 12.8. The molecule has 130 valence electrons. The van der Waals surface area contributed by atoms with E-state index in [2.05, 4.69) is 62.9 Å². The second-order valence-corrected chi connectivity index (χ2v) is 6.79. The van der Waals surface area contributed by atoms with E-state index in [1.165, 1.54) is 5.56 Å². The monoisotopic (exact) mass is 343 g/mol. The fraction of sp³-hybridized carbons (Fsp3) is 0.238. The first-order valence-corrected chi connectivity index (χ1v) is 8.84. The van der Waals surface area contributed by atoms with E-state index in [1.807, 2.05) is 24.5 Å². The Balaban J connectivity index is 1.65. The summed E-state index contributed by atoms with van der Waals surface area (Å²) in [6, 6.07) is 18.8. The number of hydrogen-bond acceptors (Lipinski definition) is 5. The third-order valence-corrected chi connectivity index (χ3v) is 4.99. The number of nitrogens with zero attached hydrogens (tertiary/aromatic N) is 4. The number of pyridine rings is 1. The number of rotatable bonds is 6. The summed E-state index contributed by atoms with van der Waals surface area (Å²) in [4.78, 5) is 4.18. The molecule has 4 rings (SSSR count). The van der Waals surface area contributed by atoms with Gasteiger partial charge < -0.3 is 5.73 Å². The maximum atomic E-state index is 6.10. The maximum absolute atomic E-state index is 6.10. The third kappa shape index (κ3) is 3.26. The van der Waals surface area contributed by atoms with Crippen molar-refractivity contribution >= 4 is 17.0 Å². The lowest BCUT2D eigenvalue weighted by Crippen LogP contribution is -2.31. The summed E-state index contributed by atoms with van der Waals surface area (Å²) < 4.78 is 0. The molecule has 2 atom stereocenters. The third-order valence-electron chi connectivity index (χ3n) is 4.99. The van der Waals surface area contributed by atoms with Crippen molar-refractivity contribution in [2.45, 2.75) is 18.4 Å². The van der Waals surface area contributed by atoms with Crippen molar-refractivity contribution in [1.29, 1.82) is 0 Å². The average molecular weight is 343 g/mol. The molecule has 2 unspecified atom stereocenters. The Morgan fingerprint density at radius 1 is 1.00 bits per heavy atom. The highest BCUT2D eigenvalue weighted by Gasteiger charge is 2.36. The molecule has 0 spiro atoms. The highest BCUT2D eigenvalue weighted by Crippen LogP contribution is 2.36. The quantitative estimate of drug-likeness (QED) is 0.732. The number of fused-ring (bicyclic) bond motifs is 1. The Morgan fingerprint density at radius 2 is 1.88 bits per heavy atom. The molecule has 0 fully saturated rings. The molecule has 0 saturated carbocycles.